The van der Waals surface area contributed by atoms with Crippen LogP contribution in [-0.2, 0) is 4.74 Å². The van der Waals surface area contributed by atoms with Crippen LogP contribution in [0.3, 0.4) is 0 Å². The largest absolute Gasteiger partial charge is 0.374 e. The topological polar surface area (TPSA) is 47.3 Å². The van der Waals surface area contributed by atoms with Gasteiger partial charge in [0.05, 0.1) is 11.6 Å². The van der Waals surface area contributed by atoms with E-state index in [0.717, 1.165) is 25.9 Å². The Hall–Kier alpha value is -0.120. The molecule has 0 amide bonds. The van der Waals surface area contributed by atoms with E-state index in [1.54, 1.807) is 0 Å². The van der Waals surface area contributed by atoms with Gasteiger partial charge in [-0.15, -0.1) is 0 Å². The summed E-state index contributed by atoms with van der Waals surface area (Å²) in [4.78, 5) is 0. The smallest absolute Gasteiger partial charge is 0.0850 e. The van der Waals surface area contributed by atoms with E-state index in [4.69, 9.17) is 10.6 Å². The molecule has 3 heteroatoms. The number of hydrazine groups is 1. The number of ether oxygens (including phenoxy) is 1. The van der Waals surface area contributed by atoms with Gasteiger partial charge in [0.15, 0.2) is 0 Å². The normalized spacial score (nSPS) is 24.0. The van der Waals surface area contributed by atoms with E-state index in [9.17, 15) is 0 Å². The second-order valence-corrected chi connectivity index (χ2v) is 5.44. The molecule has 0 radical (unpaired) electrons. The van der Waals surface area contributed by atoms with Crippen molar-refractivity contribution in [3.05, 3.63) is 0 Å². The minimum absolute atomic E-state index is 0.0323. The second kappa shape index (κ2) is 7.34. The first kappa shape index (κ1) is 14.9. The van der Waals surface area contributed by atoms with Gasteiger partial charge in [0.25, 0.3) is 0 Å². The van der Waals surface area contributed by atoms with Crippen molar-refractivity contribution < 1.29 is 4.74 Å². The van der Waals surface area contributed by atoms with Gasteiger partial charge in [0, 0.05) is 6.61 Å². The van der Waals surface area contributed by atoms with E-state index in [-0.39, 0.29) is 11.6 Å². The van der Waals surface area contributed by atoms with Crippen molar-refractivity contribution in [1.29, 1.82) is 0 Å². The summed E-state index contributed by atoms with van der Waals surface area (Å²) in [5, 5.41) is 0. The summed E-state index contributed by atoms with van der Waals surface area (Å²) < 4.78 is 6.18. The van der Waals surface area contributed by atoms with Gasteiger partial charge in [-0.3, -0.25) is 11.3 Å². The van der Waals surface area contributed by atoms with Crippen molar-refractivity contribution in [3.8, 4) is 0 Å². The third-order valence-electron chi connectivity index (χ3n) is 4.34. The average Bonchev–Trinajstić information content (AvgIpc) is 2.56. The fourth-order valence-electron chi connectivity index (χ4n) is 3.23. The van der Waals surface area contributed by atoms with E-state index in [0.29, 0.717) is 5.92 Å². The molecule has 1 aliphatic rings. The van der Waals surface area contributed by atoms with Gasteiger partial charge >= 0.3 is 0 Å². The lowest BCUT2D eigenvalue weighted by molar-refractivity contribution is -0.0889. The maximum absolute atomic E-state index is 6.18. The van der Waals surface area contributed by atoms with Gasteiger partial charge in [0.2, 0.25) is 0 Å². The molecule has 0 aliphatic heterocycles. The standard InChI is InChI=1S/C14H30N2O/c1-4-12(3)13(16-15)14(17-5-2)10-8-6-7-9-11-14/h12-13,16H,4-11,15H2,1-3H3. The molecule has 1 saturated carbocycles. The quantitative estimate of drug-likeness (QED) is 0.427. The number of nitrogens with one attached hydrogen (secondary N) is 1. The highest BCUT2D eigenvalue weighted by Crippen LogP contribution is 2.36. The number of hydrogen-bond acceptors (Lipinski definition) is 3. The second-order valence-electron chi connectivity index (χ2n) is 5.44. The van der Waals surface area contributed by atoms with Crippen LogP contribution in [0, 0.1) is 5.92 Å². The zero-order valence-electron chi connectivity index (χ0n) is 11.8. The van der Waals surface area contributed by atoms with Crippen molar-refractivity contribution in [1.82, 2.24) is 5.43 Å². The van der Waals surface area contributed by atoms with E-state index in [2.05, 4.69) is 26.2 Å². The van der Waals surface area contributed by atoms with Gasteiger partial charge in [-0.05, 0) is 25.7 Å². The minimum Gasteiger partial charge on any atom is -0.374 e. The van der Waals surface area contributed by atoms with Crippen molar-refractivity contribution in [2.75, 3.05) is 6.61 Å². The first-order valence-electron chi connectivity index (χ1n) is 7.30. The fraction of sp³-hybridized carbons (Fsp3) is 1.00. The molecule has 0 heterocycles. The van der Waals surface area contributed by atoms with Crippen LogP contribution in [-0.4, -0.2) is 18.2 Å². The molecule has 1 rings (SSSR count). The van der Waals surface area contributed by atoms with Crippen LogP contribution in [0.15, 0.2) is 0 Å². The molecular formula is C14H30N2O. The van der Waals surface area contributed by atoms with Crippen LogP contribution < -0.4 is 11.3 Å². The van der Waals surface area contributed by atoms with Crippen LogP contribution in [0.5, 0.6) is 0 Å². The van der Waals surface area contributed by atoms with Gasteiger partial charge in [-0.1, -0.05) is 46.0 Å². The Labute approximate surface area is 106 Å². The van der Waals surface area contributed by atoms with Crippen molar-refractivity contribution in [2.45, 2.75) is 77.4 Å². The van der Waals surface area contributed by atoms with E-state index in [1.165, 1.54) is 25.7 Å². The molecule has 102 valence electrons. The lowest BCUT2D eigenvalue weighted by atomic mass is 9.79. The average molecular weight is 242 g/mol. The van der Waals surface area contributed by atoms with E-state index >= 15 is 0 Å². The highest BCUT2D eigenvalue weighted by molar-refractivity contribution is 4.96. The molecule has 0 saturated heterocycles. The molecule has 0 aromatic heterocycles. The lowest BCUT2D eigenvalue weighted by Crippen LogP contribution is -2.57. The molecular weight excluding hydrogens is 212 g/mol. The molecule has 2 unspecified atom stereocenters. The monoisotopic (exact) mass is 242 g/mol. The Balaban J connectivity index is 2.85. The van der Waals surface area contributed by atoms with Gasteiger partial charge in [0.1, 0.15) is 0 Å². The number of rotatable bonds is 6. The Bertz CT molecular complexity index is 200. The number of hydrogen-bond donors (Lipinski definition) is 2. The fourth-order valence-corrected chi connectivity index (χ4v) is 3.23. The third-order valence-corrected chi connectivity index (χ3v) is 4.34. The summed E-state index contributed by atoms with van der Waals surface area (Å²) in [5.41, 5.74) is 3.02. The highest BCUT2D eigenvalue weighted by atomic mass is 16.5. The predicted octanol–water partition coefficient (Wildman–Crippen LogP) is 2.99. The maximum Gasteiger partial charge on any atom is 0.0850 e. The molecule has 0 aromatic rings. The van der Waals surface area contributed by atoms with Gasteiger partial charge in [-0.2, -0.15) is 0 Å². The third kappa shape index (κ3) is 3.67. The van der Waals surface area contributed by atoms with Gasteiger partial charge in [-0.25, -0.2) is 0 Å². The molecule has 1 fully saturated rings. The maximum atomic E-state index is 6.18. The van der Waals surface area contributed by atoms with E-state index in [1.807, 2.05) is 0 Å². The van der Waals surface area contributed by atoms with Crippen LogP contribution in [0.1, 0.15) is 65.7 Å². The van der Waals surface area contributed by atoms with Crippen molar-refractivity contribution in [2.24, 2.45) is 11.8 Å². The highest BCUT2D eigenvalue weighted by Gasteiger charge is 2.41. The summed E-state index contributed by atoms with van der Waals surface area (Å²) in [5.74, 6) is 6.38. The SMILES string of the molecule is CCOC1(C(NN)C(C)CC)CCCCCC1. The molecule has 3 nitrogen and oxygen atoms in total. The van der Waals surface area contributed by atoms with Crippen LogP contribution in [0.4, 0.5) is 0 Å². The summed E-state index contributed by atoms with van der Waals surface area (Å²) in [6.45, 7) is 7.38. The molecule has 17 heavy (non-hydrogen) atoms. The molecule has 2 atom stereocenters. The van der Waals surface area contributed by atoms with Crippen LogP contribution in [0.25, 0.3) is 0 Å². The zero-order valence-corrected chi connectivity index (χ0v) is 11.8. The van der Waals surface area contributed by atoms with Crippen LogP contribution in [0.2, 0.25) is 0 Å². The molecule has 0 spiro atoms. The number of nitrogens with two attached hydrogens (primary N) is 1. The summed E-state index contributed by atoms with van der Waals surface area (Å²) in [7, 11) is 0. The Morgan fingerprint density at radius 1 is 1.18 bits per heavy atom. The van der Waals surface area contributed by atoms with E-state index < -0.39 is 0 Å². The molecule has 3 N–H and O–H groups in total. The van der Waals surface area contributed by atoms with Crippen LogP contribution >= 0.6 is 0 Å². The summed E-state index contributed by atoms with van der Waals surface area (Å²) in [6, 6.07) is 0.283. The molecule has 1 aliphatic carbocycles. The lowest BCUT2D eigenvalue weighted by Gasteiger charge is -2.42. The molecule has 0 aromatic carbocycles. The first-order valence-corrected chi connectivity index (χ1v) is 7.30. The first-order chi connectivity index (χ1) is 8.20. The predicted molar refractivity (Wildman–Crippen MR) is 72.6 cm³/mol. The Morgan fingerprint density at radius 2 is 1.76 bits per heavy atom. The molecule has 0 bridgehead atoms. The Kier molecular flexibility index (Phi) is 6.45. The van der Waals surface area contributed by atoms with Gasteiger partial charge < -0.3 is 4.74 Å². The Morgan fingerprint density at radius 3 is 2.18 bits per heavy atom. The zero-order chi connectivity index (χ0) is 12.7. The van der Waals surface area contributed by atoms with Crippen molar-refractivity contribution in [3.63, 3.8) is 0 Å². The summed E-state index contributed by atoms with van der Waals surface area (Å²) in [6.07, 6.45) is 8.67. The summed E-state index contributed by atoms with van der Waals surface area (Å²) >= 11 is 0. The van der Waals surface area contributed by atoms with Crippen molar-refractivity contribution >= 4 is 0 Å². The minimum atomic E-state index is -0.0323.